The molecule has 0 atom stereocenters. The Kier molecular flexibility index (Phi) is 59.5. The van der Waals surface area contributed by atoms with E-state index in [2.05, 4.69) is 41.5 Å². The molecule has 0 radical (unpaired) electrons. The minimum Gasteiger partial charge on any atom is -0.508 e. The smallest absolute Gasteiger partial charge is 0.115 e. The number of rotatable bonds is 0. The molecule has 4 rings (SSSR count). The number of phenols is 3. The van der Waals surface area contributed by atoms with E-state index in [0.717, 1.165) is 0 Å². The van der Waals surface area contributed by atoms with Crippen LogP contribution in [0, 0.1) is 0 Å². The maximum absolute atomic E-state index is 8.63. The summed E-state index contributed by atoms with van der Waals surface area (Å²) in [5.74, 6) is 0.965. The molecule has 0 aliphatic heterocycles. The molecule has 0 saturated carbocycles. The van der Waals surface area contributed by atoms with Gasteiger partial charge in [0.15, 0.2) is 0 Å². The molecular formula is C37H62O3. The summed E-state index contributed by atoms with van der Waals surface area (Å²) in [6.45, 7) is 16.8. The van der Waals surface area contributed by atoms with E-state index in [0.29, 0.717) is 17.2 Å². The Morgan fingerprint density at radius 2 is 0.425 bits per heavy atom. The fourth-order valence-corrected chi connectivity index (χ4v) is 1.67. The van der Waals surface area contributed by atoms with Crippen molar-refractivity contribution in [2.75, 3.05) is 0 Å². The zero-order valence-electron chi connectivity index (χ0n) is 25.1. The van der Waals surface area contributed by atoms with E-state index in [4.69, 9.17) is 15.3 Å². The maximum atomic E-state index is 8.63. The molecule has 0 aliphatic carbocycles. The minimum atomic E-state index is 0. The van der Waals surface area contributed by atoms with Crippen LogP contribution in [0.4, 0.5) is 0 Å². The van der Waals surface area contributed by atoms with Crippen LogP contribution in [-0.4, -0.2) is 15.3 Å². The molecule has 0 bridgehead atoms. The molecule has 40 heavy (non-hydrogen) atoms. The van der Waals surface area contributed by atoms with Crippen LogP contribution in [-0.2, 0) is 0 Å². The number of para-hydroxylation sites is 3. The van der Waals surface area contributed by atoms with Gasteiger partial charge in [-0.1, -0.05) is 181 Å². The van der Waals surface area contributed by atoms with Crippen LogP contribution in [0.25, 0.3) is 0 Å². The van der Waals surface area contributed by atoms with Crippen molar-refractivity contribution in [2.45, 2.75) is 89.5 Å². The molecule has 0 unspecified atom stereocenters. The normalized spacial score (nSPS) is 7.20. The highest BCUT2D eigenvalue weighted by molar-refractivity contribution is 5.19. The summed E-state index contributed by atoms with van der Waals surface area (Å²) in [7, 11) is 0. The SMILES string of the molecule is C.C.CC.CCC.CCC.CCC.Oc1ccccc1.Oc1ccccc1.Oc1ccccc1.c1ccccc1. The van der Waals surface area contributed by atoms with Crippen LogP contribution < -0.4 is 0 Å². The van der Waals surface area contributed by atoms with Gasteiger partial charge in [-0.3, -0.25) is 0 Å². The average Bonchev–Trinajstić information content (AvgIpc) is 2.95. The molecule has 0 fully saturated rings. The topological polar surface area (TPSA) is 60.7 Å². The number of hydrogen-bond acceptors (Lipinski definition) is 3. The third-order valence-corrected chi connectivity index (χ3v) is 2.94. The van der Waals surface area contributed by atoms with Gasteiger partial charge in [0, 0.05) is 0 Å². The lowest BCUT2D eigenvalue weighted by molar-refractivity contribution is 0.475. The van der Waals surface area contributed by atoms with E-state index in [-0.39, 0.29) is 14.9 Å². The molecule has 0 aromatic heterocycles. The molecule has 3 heteroatoms. The van der Waals surface area contributed by atoms with Crippen molar-refractivity contribution in [1.29, 1.82) is 0 Å². The van der Waals surface area contributed by atoms with Gasteiger partial charge in [-0.2, -0.15) is 0 Å². The Morgan fingerprint density at radius 3 is 0.500 bits per heavy atom. The van der Waals surface area contributed by atoms with Gasteiger partial charge in [0.2, 0.25) is 0 Å². The first kappa shape index (κ1) is 49.3. The third-order valence-electron chi connectivity index (χ3n) is 2.94. The van der Waals surface area contributed by atoms with Crippen LogP contribution in [0.5, 0.6) is 17.2 Å². The van der Waals surface area contributed by atoms with Crippen LogP contribution in [0.1, 0.15) is 89.5 Å². The highest BCUT2D eigenvalue weighted by atomic mass is 16.3. The predicted molar refractivity (Wildman–Crippen MR) is 183 cm³/mol. The number of aromatic hydroxyl groups is 3. The average molecular weight is 555 g/mol. The second-order valence-corrected chi connectivity index (χ2v) is 7.28. The molecule has 0 saturated heterocycles. The van der Waals surface area contributed by atoms with Crippen molar-refractivity contribution in [1.82, 2.24) is 0 Å². The molecule has 228 valence electrons. The molecule has 4 aromatic carbocycles. The number of phenolic OH excluding ortho intramolecular Hbond substituents is 3. The highest BCUT2D eigenvalue weighted by Crippen LogP contribution is 2.04. The molecule has 0 heterocycles. The lowest BCUT2D eigenvalue weighted by Crippen LogP contribution is -1.56. The Labute approximate surface area is 249 Å². The van der Waals surface area contributed by atoms with Crippen molar-refractivity contribution >= 4 is 0 Å². The van der Waals surface area contributed by atoms with Gasteiger partial charge >= 0.3 is 0 Å². The van der Waals surface area contributed by atoms with E-state index in [1.807, 2.05) is 68.4 Å². The van der Waals surface area contributed by atoms with Crippen LogP contribution in [0.3, 0.4) is 0 Å². The maximum Gasteiger partial charge on any atom is 0.115 e. The van der Waals surface area contributed by atoms with E-state index in [9.17, 15) is 0 Å². The zero-order chi connectivity index (χ0) is 29.7. The molecule has 0 spiro atoms. The first-order chi connectivity index (χ1) is 18.4. The van der Waals surface area contributed by atoms with Gasteiger partial charge in [-0.25, -0.2) is 0 Å². The van der Waals surface area contributed by atoms with Crippen molar-refractivity contribution in [2.24, 2.45) is 0 Å². The Hall–Kier alpha value is -3.72. The third kappa shape index (κ3) is 55.0. The summed E-state index contributed by atoms with van der Waals surface area (Å²) in [5, 5.41) is 25.9. The van der Waals surface area contributed by atoms with Gasteiger partial charge < -0.3 is 15.3 Å². The van der Waals surface area contributed by atoms with Gasteiger partial charge in [0.05, 0.1) is 0 Å². The number of benzene rings is 4. The van der Waals surface area contributed by atoms with Crippen molar-refractivity contribution < 1.29 is 15.3 Å². The van der Waals surface area contributed by atoms with Gasteiger partial charge in [-0.05, 0) is 36.4 Å². The largest absolute Gasteiger partial charge is 0.508 e. The molecule has 3 N–H and O–H groups in total. The second-order valence-electron chi connectivity index (χ2n) is 7.28. The summed E-state index contributed by atoms with van der Waals surface area (Å²) in [5.41, 5.74) is 0. The van der Waals surface area contributed by atoms with Crippen LogP contribution in [0.15, 0.2) is 127 Å². The van der Waals surface area contributed by atoms with Gasteiger partial charge in [0.1, 0.15) is 17.2 Å². The molecule has 4 aromatic rings. The number of hydrogen-bond donors (Lipinski definition) is 3. The Morgan fingerprint density at radius 1 is 0.325 bits per heavy atom. The van der Waals surface area contributed by atoms with Crippen LogP contribution in [0.2, 0.25) is 0 Å². The standard InChI is InChI=1S/3C6H6O.C6H6.3C3H8.C2H6.2CH4/c3*7-6-4-2-1-3-5-6;1-2-4-6-5-3-1;3*1-3-2;1-2;;/h3*1-5,7H;1-6H;3*3H2,1-2H3;1-2H3;2*1H4. The van der Waals surface area contributed by atoms with E-state index >= 15 is 0 Å². The first-order valence-corrected chi connectivity index (χ1v) is 13.6. The van der Waals surface area contributed by atoms with E-state index in [1.54, 1.807) is 72.8 Å². The lowest BCUT2D eigenvalue weighted by Gasteiger charge is -1.82. The molecular weight excluding hydrogens is 492 g/mol. The minimum absolute atomic E-state index is 0. The Balaban J connectivity index is -0.0000000851. The predicted octanol–water partition coefficient (Wildman–Crippen LogP) is 12.4. The summed E-state index contributed by atoms with van der Waals surface area (Å²) in [6, 6.07) is 38.1. The summed E-state index contributed by atoms with van der Waals surface area (Å²) >= 11 is 0. The van der Waals surface area contributed by atoms with Crippen molar-refractivity contribution in [3.63, 3.8) is 0 Å². The summed E-state index contributed by atoms with van der Waals surface area (Å²) in [6.07, 6.45) is 3.75. The van der Waals surface area contributed by atoms with E-state index < -0.39 is 0 Å². The fourth-order valence-electron chi connectivity index (χ4n) is 1.67. The van der Waals surface area contributed by atoms with Crippen LogP contribution >= 0.6 is 0 Å². The second kappa shape index (κ2) is 48.4. The first-order valence-electron chi connectivity index (χ1n) is 13.6. The van der Waals surface area contributed by atoms with Crippen molar-refractivity contribution in [3.8, 4) is 17.2 Å². The molecule has 0 aliphatic rings. The Bertz CT molecular complexity index is 717. The highest BCUT2D eigenvalue weighted by Gasteiger charge is 1.76. The molecule has 3 nitrogen and oxygen atoms in total. The van der Waals surface area contributed by atoms with Gasteiger partial charge in [-0.15, -0.1) is 0 Å². The van der Waals surface area contributed by atoms with E-state index in [1.165, 1.54) is 19.3 Å². The summed E-state index contributed by atoms with van der Waals surface area (Å²) < 4.78 is 0. The fraction of sp³-hybridized carbons (Fsp3) is 0.351. The van der Waals surface area contributed by atoms with Crippen molar-refractivity contribution in [3.05, 3.63) is 127 Å². The monoisotopic (exact) mass is 554 g/mol. The summed E-state index contributed by atoms with van der Waals surface area (Å²) in [4.78, 5) is 0. The molecule has 0 amide bonds. The quantitative estimate of drug-likeness (QED) is 0.202. The van der Waals surface area contributed by atoms with Gasteiger partial charge in [0.25, 0.3) is 0 Å². The lowest BCUT2D eigenvalue weighted by atomic mass is 10.3. The zero-order valence-corrected chi connectivity index (χ0v) is 25.1.